The summed E-state index contributed by atoms with van der Waals surface area (Å²) in [6.07, 6.45) is 13.2. The SMILES string of the molecule is C=C1C(=O)O[C@H](C[C@@H](C)C2CC[C@H]3/C(=C/C=C4/CCC(C)[C@H](O)C4=C)CCC[C@]23C)C1c1ccccc1. The maximum atomic E-state index is 12.5. The molecule has 4 aliphatic rings. The van der Waals surface area contributed by atoms with Crippen molar-refractivity contribution in [3.63, 3.8) is 0 Å². The number of hydrogen-bond donors (Lipinski definition) is 1. The summed E-state index contributed by atoms with van der Waals surface area (Å²) in [4.78, 5) is 12.5. The normalized spacial score (nSPS) is 39.2. The molecule has 0 radical (unpaired) electrons. The van der Waals surface area contributed by atoms with Crippen molar-refractivity contribution in [2.45, 2.75) is 90.3 Å². The van der Waals surface area contributed by atoms with Gasteiger partial charge in [0.2, 0.25) is 0 Å². The first kappa shape index (κ1) is 26.2. The number of aliphatic hydroxyl groups excluding tert-OH is 1. The molecule has 1 aliphatic heterocycles. The second-order valence-electron chi connectivity index (χ2n) is 12.6. The van der Waals surface area contributed by atoms with E-state index < -0.39 is 6.10 Å². The Kier molecular flexibility index (Phi) is 7.38. The molecule has 0 bridgehead atoms. The first-order chi connectivity index (χ1) is 17.7. The molecule has 1 aromatic carbocycles. The van der Waals surface area contributed by atoms with Gasteiger partial charge in [-0.15, -0.1) is 0 Å². The van der Waals surface area contributed by atoms with Gasteiger partial charge in [0.1, 0.15) is 6.10 Å². The minimum atomic E-state index is -0.410. The lowest BCUT2D eigenvalue weighted by atomic mass is 9.60. The van der Waals surface area contributed by atoms with E-state index >= 15 is 0 Å². The number of carbonyl (C=O) groups is 1. The van der Waals surface area contributed by atoms with Crippen LogP contribution in [-0.2, 0) is 9.53 Å². The first-order valence-corrected chi connectivity index (χ1v) is 14.4. The molecule has 3 unspecified atom stereocenters. The van der Waals surface area contributed by atoms with Crippen LogP contribution in [0, 0.1) is 29.1 Å². The zero-order valence-corrected chi connectivity index (χ0v) is 22.9. The highest BCUT2D eigenvalue weighted by molar-refractivity contribution is 5.92. The topological polar surface area (TPSA) is 46.5 Å². The summed E-state index contributed by atoms with van der Waals surface area (Å²) in [6, 6.07) is 10.3. The molecular weight excluding hydrogens is 456 g/mol. The maximum absolute atomic E-state index is 12.5. The average molecular weight is 501 g/mol. The minimum absolute atomic E-state index is 0.0451. The van der Waals surface area contributed by atoms with Crippen LogP contribution >= 0.6 is 0 Å². The molecular formula is C34H44O3. The predicted octanol–water partition coefficient (Wildman–Crippen LogP) is 7.69. The fraction of sp³-hybridized carbons (Fsp3) is 0.559. The Balaban J connectivity index is 1.32. The molecule has 1 aromatic rings. The quantitative estimate of drug-likeness (QED) is 0.333. The third-order valence-electron chi connectivity index (χ3n) is 10.4. The summed E-state index contributed by atoms with van der Waals surface area (Å²) in [5.41, 5.74) is 5.72. The second kappa shape index (κ2) is 10.4. The number of cyclic esters (lactones) is 1. The first-order valence-electron chi connectivity index (χ1n) is 14.4. The van der Waals surface area contributed by atoms with E-state index in [1.165, 1.54) is 37.7 Å². The third kappa shape index (κ3) is 4.80. The lowest BCUT2D eigenvalue weighted by molar-refractivity contribution is -0.139. The Labute approximate surface area is 223 Å². The van der Waals surface area contributed by atoms with Crippen molar-refractivity contribution in [2.75, 3.05) is 0 Å². The van der Waals surface area contributed by atoms with E-state index in [-0.39, 0.29) is 23.4 Å². The summed E-state index contributed by atoms with van der Waals surface area (Å²) in [5.74, 6) is 1.71. The number of hydrogen-bond acceptors (Lipinski definition) is 3. The molecule has 37 heavy (non-hydrogen) atoms. The van der Waals surface area contributed by atoms with Gasteiger partial charge in [0.25, 0.3) is 0 Å². The van der Waals surface area contributed by atoms with Gasteiger partial charge < -0.3 is 9.84 Å². The summed E-state index contributed by atoms with van der Waals surface area (Å²) in [7, 11) is 0. The van der Waals surface area contributed by atoms with Crippen LogP contribution < -0.4 is 0 Å². The molecule has 0 aromatic heterocycles. The summed E-state index contributed by atoms with van der Waals surface area (Å²) in [5, 5.41) is 10.5. The Morgan fingerprint density at radius 2 is 1.86 bits per heavy atom. The van der Waals surface area contributed by atoms with Crippen molar-refractivity contribution in [1.82, 2.24) is 0 Å². The molecule has 3 saturated carbocycles. The standard InChI is InChI=1S/C34H44O3/c1-21-13-14-25(23(3)32(21)35)15-16-26-12-9-19-34(5)28(17-18-29(26)34)22(2)20-30-31(24(4)33(36)37-30)27-10-7-6-8-11-27/h6-8,10-11,15-16,21-22,28-32,35H,3-4,9,12-14,17-20H2,1-2,5H3/b25-15-,26-16+/t21?,22-,28?,29+,30-,31?,32+,34-/m1/s1. The van der Waals surface area contributed by atoms with Crippen LogP contribution in [0.2, 0.25) is 0 Å². The molecule has 1 N–H and O–H groups in total. The lowest BCUT2D eigenvalue weighted by Gasteiger charge is -2.45. The molecule has 4 fully saturated rings. The number of ether oxygens (including phenoxy) is 1. The highest BCUT2D eigenvalue weighted by Gasteiger charge is 2.52. The molecule has 1 saturated heterocycles. The van der Waals surface area contributed by atoms with Crippen LogP contribution in [0.5, 0.6) is 0 Å². The fourth-order valence-electron chi connectivity index (χ4n) is 8.27. The van der Waals surface area contributed by atoms with Crippen molar-refractivity contribution < 1.29 is 14.6 Å². The van der Waals surface area contributed by atoms with Gasteiger partial charge in [-0.2, -0.15) is 0 Å². The number of aliphatic hydroxyl groups is 1. The van der Waals surface area contributed by atoms with Crippen molar-refractivity contribution in [3.05, 3.63) is 83.5 Å². The van der Waals surface area contributed by atoms with Crippen LogP contribution in [0.3, 0.4) is 0 Å². The molecule has 3 aliphatic carbocycles. The number of esters is 1. The van der Waals surface area contributed by atoms with Gasteiger partial charge in [0.15, 0.2) is 0 Å². The van der Waals surface area contributed by atoms with Crippen LogP contribution in [-0.4, -0.2) is 23.3 Å². The second-order valence-corrected chi connectivity index (χ2v) is 12.6. The Bertz CT molecular complexity index is 1110. The van der Waals surface area contributed by atoms with E-state index in [4.69, 9.17) is 4.74 Å². The van der Waals surface area contributed by atoms with Crippen LogP contribution in [0.25, 0.3) is 0 Å². The van der Waals surface area contributed by atoms with E-state index in [1.807, 2.05) is 18.2 Å². The van der Waals surface area contributed by atoms with Crippen LogP contribution in [0.4, 0.5) is 0 Å². The predicted molar refractivity (Wildman–Crippen MR) is 150 cm³/mol. The Hall–Kier alpha value is -2.39. The van der Waals surface area contributed by atoms with Gasteiger partial charge in [-0.05, 0) is 97.2 Å². The van der Waals surface area contributed by atoms with E-state index in [2.05, 4.69) is 58.2 Å². The van der Waals surface area contributed by atoms with Gasteiger partial charge in [-0.3, -0.25) is 0 Å². The molecule has 5 rings (SSSR count). The van der Waals surface area contributed by atoms with E-state index in [1.54, 1.807) is 5.57 Å². The molecule has 0 spiro atoms. The smallest absolute Gasteiger partial charge is 0.334 e. The van der Waals surface area contributed by atoms with Crippen molar-refractivity contribution in [3.8, 4) is 0 Å². The molecule has 3 heteroatoms. The molecule has 3 nitrogen and oxygen atoms in total. The summed E-state index contributed by atoms with van der Waals surface area (Å²) in [6.45, 7) is 15.3. The monoisotopic (exact) mass is 500 g/mol. The van der Waals surface area contributed by atoms with Crippen molar-refractivity contribution in [2.24, 2.45) is 29.1 Å². The van der Waals surface area contributed by atoms with Crippen LogP contribution in [0.1, 0.15) is 83.6 Å². The molecule has 1 heterocycles. The average Bonchev–Trinajstić information content (AvgIpc) is 3.38. The van der Waals surface area contributed by atoms with E-state index in [0.717, 1.165) is 30.4 Å². The zero-order valence-electron chi connectivity index (χ0n) is 22.9. The number of benzene rings is 1. The van der Waals surface area contributed by atoms with Gasteiger partial charge in [-0.25, -0.2) is 4.79 Å². The molecule has 8 atom stereocenters. The van der Waals surface area contributed by atoms with E-state index in [0.29, 0.717) is 29.2 Å². The van der Waals surface area contributed by atoms with Gasteiger partial charge >= 0.3 is 5.97 Å². The van der Waals surface area contributed by atoms with Crippen LogP contribution in [0.15, 0.2) is 77.9 Å². The molecule has 0 amide bonds. The van der Waals surface area contributed by atoms with Crippen molar-refractivity contribution in [1.29, 1.82) is 0 Å². The molecule has 198 valence electrons. The Morgan fingerprint density at radius 1 is 1.11 bits per heavy atom. The summed E-state index contributed by atoms with van der Waals surface area (Å²) >= 11 is 0. The summed E-state index contributed by atoms with van der Waals surface area (Å²) < 4.78 is 5.91. The number of allylic oxidation sites excluding steroid dienone is 3. The lowest BCUT2D eigenvalue weighted by Crippen LogP contribution is -2.37. The Morgan fingerprint density at radius 3 is 2.62 bits per heavy atom. The van der Waals surface area contributed by atoms with Gasteiger partial charge in [-0.1, -0.05) is 82.0 Å². The zero-order chi connectivity index (χ0) is 26.3. The number of rotatable bonds is 5. The van der Waals surface area contributed by atoms with Gasteiger partial charge in [0, 0.05) is 5.57 Å². The minimum Gasteiger partial charge on any atom is -0.458 e. The number of fused-ring (bicyclic) bond motifs is 1. The fourth-order valence-corrected chi connectivity index (χ4v) is 8.27. The van der Waals surface area contributed by atoms with E-state index in [9.17, 15) is 9.90 Å². The third-order valence-corrected chi connectivity index (χ3v) is 10.4. The number of carbonyl (C=O) groups excluding carboxylic acids is 1. The largest absolute Gasteiger partial charge is 0.458 e. The maximum Gasteiger partial charge on any atom is 0.334 e. The van der Waals surface area contributed by atoms with Gasteiger partial charge in [0.05, 0.1) is 12.0 Å². The van der Waals surface area contributed by atoms with Crippen molar-refractivity contribution >= 4 is 5.97 Å². The highest BCUT2D eigenvalue weighted by Crippen LogP contribution is 2.60. The highest BCUT2D eigenvalue weighted by atomic mass is 16.6.